The van der Waals surface area contributed by atoms with Crippen LogP contribution in [0.5, 0.6) is 5.75 Å². The van der Waals surface area contributed by atoms with Gasteiger partial charge < -0.3 is 24.7 Å². The van der Waals surface area contributed by atoms with Crippen LogP contribution in [0, 0.1) is 5.82 Å². The van der Waals surface area contributed by atoms with Gasteiger partial charge in [-0.1, -0.05) is 12.1 Å². The lowest BCUT2D eigenvalue weighted by molar-refractivity contribution is -0.136. The van der Waals surface area contributed by atoms with Gasteiger partial charge in [-0.05, 0) is 48.5 Å². The number of furan rings is 1. The van der Waals surface area contributed by atoms with Crippen LogP contribution >= 0.6 is 0 Å². The Hall–Kier alpha value is -3.85. The van der Waals surface area contributed by atoms with E-state index in [1.54, 1.807) is 25.5 Å². The molecule has 1 atom stereocenters. The van der Waals surface area contributed by atoms with Gasteiger partial charge in [-0.15, -0.1) is 0 Å². The Balaban J connectivity index is 1.35. The molecule has 1 aliphatic heterocycles. The Morgan fingerprint density at radius 3 is 2.38 bits per heavy atom. The van der Waals surface area contributed by atoms with E-state index in [4.69, 9.17) is 9.15 Å². The zero-order valence-electron chi connectivity index (χ0n) is 18.9. The van der Waals surface area contributed by atoms with Crippen LogP contribution in [-0.4, -0.2) is 56.5 Å². The number of halogens is 1. The average molecular weight is 467 g/mol. The quantitative estimate of drug-likeness (QED) is 0.521. The Labute approximate surface area is 197 Å². The molecule has 2 heterocycles. The zero-order chi connectivity index (χ0) is 23.9. The van der Waals surface area contributed by atoms with Crippen molar-refractivity contribution in [1.82, 2.24) is 10.2 Å². The second kappa shape index (κ2) is 10.8. The van der Waals surface area contributed by atoms with Crippen LogP contribution in [0.15, 0.2) is 71.3 Å². The van der Waals surface area contributed by atoms with Gasteiger partial charge in [0.2, 0.25) is 0 Å². The number of nitrogens with zero attached hydrogens (tertiary/aromatic N) is 2. The second-order valence-electron chi connectivity index (χ2n) is 7.90. The summed E-state index contributed by atoms with van der Waals surface area (Å²) in [6.07, 6.45) is 1.59. The first-order valence-electron chi connectivity index (χ1n) is 11.1. The Morgan fingerprint density at radius 2 is 1.74 bits per heavy atom. The molecule has 1 saturated heterocycles. The number of nitrogens with one attached hydrogen (secondary N) is 2. The third-order valence-electron chi connectivity index (χ3n) is 5.85. The van der Waals surface area contributed by atoms with Crippen LogP contribution in [0.4, 0.5) is 15.8 Å². The molecule has 0 aliphatic carbocycles. The van der Waals surface area contributed by atoms with E-state index in [0.717, 1.165) is 37.6 Å². The highest BCUT2D eigenvalue weighted by atomic mass is 19.1. The molecule has 2 aromatic carbocycles. The van der Waals surface area contributed by atoms with E-state index in [9.17, 15) is 14.0 Å². The van der Waals surface area contributed by atoms with Gasteiger partial charge >= 0.3 is 11.8 Å². The molecule has 9 heteroatoms. The van der Waals surface area contributed by atoms with Crippen molar-refractivity contribution >= 4 is 23.2 Å². The third kappa shape index (κ3) is 5.55. The number of methoxy groups -OCH3 is 1. The van der Waals surface area contributed by atoms with Gasteiger partial charge in [-0.25, -0.2) is 4.39 Å². The van der Waals surface area contributed by atoms with Crippen LogP contribution in [0.2, 0.25) is 0 Å². The fourth-order valence-corrected chi connectivity index (χ4v) is 3.99. The van der Waals surface area contributed by atoms with Gasteiger partial charge in [0.15, 0.2) is 0 Å². The van der Waals surface area contributed by atoms with Crippen molar-refractivity contribution in [2.24, 2.45) is 0 Å². The lowest BCUT2D eigenvalue weighted by Gasteiger charge is -2.39. The number of hydrogen-bond acceptors (Lipinski definition) is 6. The molecule has 0 radical (unpaired) electrons. The molecule has 3 aromatic rings. The van der Waals surface area contributed by atoms with Crippen molar-refractivity contribution in [3.05, 3.63) is 78.5 Å². The van der Waals surface area contributed by atoms with Crippen molar-refractivity contribution in [3.63, 3.8) is 0 Å². The fourth-order valence-electron chi connectivity index (χ4n) is 3.99. The summed E-state index contributed by atoms with van der Waals surface area (Å²) in [6, 6.07) is 17.1. The lowest BCUT2D eigenvalue weighted by atomic mass is 10.1. The van der Waals surface area contributed by atoms with E-state index < -0.39 is 17.6 Å². The molecule has 0 bridgehead atoms. The highest BCUT2D eigenvalue weighted by molar-refractivity contribution is 6.39. The summed E-state index contributed by atoms with van der Waals surface area (Å²) in [7, 11) is 1.64. The van der Waals surface area contributed by atoms with Crippen LogP contribution < -0.4 is 20.3 Å². The van der Waals surface area contributed by atoms with Crippen molar-refractivity contribution in [3.8, 4) is 5.75 Å². The molecule has 1 fully saturated rings. The molecule has 1 aromatic heterocycles. The van der Waals surface area contributed by atoms with Gasteiger partial charge in [-0.3, -0.25) is 14.5 Å². The molecule has 1 aliphatic rings. The van der Waals surface area contributed by atoms with Crippen molar-refractivity contribution < 1.29 is 23.1 Å². The molecule has 8 nitrogen and oxygen atoms in total. The monoisotopic (exact) mass is 466 g/mol. The minimum absolute atomic E-state index is 0.0418. The maximum absolute atomic E-state index is 13.8. The van der Waals surface area contributed by atoms with Gasteiger partial charge in [-0.2, -0.15) is 0 Å². The SMILES string of the molecule is COc1ccc(N2CCN(C(CNC(=O)C(=O)Nc3ccccc3F)c3ccco3)CC2)cc1. The Morgan fingerprint density at radius 1 is 1.00 bits per heavy atom. The maximum Gasteiger partial charge on any atom is 0.313 e. The molecule has 178 valence electrons. The number of rotatable bonds is 7. The first-order valence-corrected chi connectivity index (χ1v) is 11.1. The first kappa shape index (κ1) is 23.3. The summed E-state index contributed by atoms with van der Waals surface area (Å²) in [6.45, 7) is 3.26. The number of piperazine rings is 1. The smallest absolute Gasteiger partial charge is 0.313 e. The molecular weight excluding hydrogens is 439 g/mol. The average Bonchev–Trinajstić information content (AvgIpc) is 3.40. The van der Waals surface area contributed by atoms with Crippen LogP contribution in [0.25, 0.3) is 0 Å². The predicted octanol–water partition coefficient (Wildman–Crippen LogP) is 3.05. The Kier molecular flexibility index (Phi) is 7.44. The highest BCUT2D eigenvalue weighted by Crippen LogP contribution is 2.25. The van der Waals surface area contributed by atoms with Gasteiger partial charge in [0.05, 0.1) is 25.1 Å². The number of amides is 2. The van der Waals surface area contributed by atoms with E-state index in [0.29, 0.717) is 5.76 Å². The normalized spacial score (nSPS) is 14.9. The first-order chi connectivity index (χ1) is 16.5. The molecule has 34 heavy (non-hydrogen) atoms. The number of para-hydroxylation sites is 1. The summed E-state index contributed by atoms with van der Waals surface area (Å²) < 4.78 is 24.6. The van der Waals surface area contributed by atoms with Crippen molar-refractivity contribution in [2.75, 3.05) is 50.1 Å². The van der Waals surface area contributed by atoms with E-state index in [1.807, 2.05) is 30.3 Å². The number of carbonyl (C=O) groups excluding carboxylic acids is 2. The summed E-state index contributed by atoms with van der Waals surface area (Å²) >= 11 is 0. The Bertz CT molecular complexity index is 1100. The minimum Gasteiger partial charge on any atom is -0.497 e. The second-order valence-corrected chi connectivity index (χ2v) is 7.90. The molecular formula is C25H27FN4O4. The van der Waals surface area contributed by atoms with E-state index in [1.165, 1.54) is 18.2 Å². The lowest BCUT2D eigenvalue weighted by Crippen LogP contribution is -2.50. The van der Waals surface area contributed by atoms with Crippen LogP contribution in [0.1, 0.15) is 11.8 Å². The molecule has 4 rings (SSSR count). The predicted molar refractivity (Wildman–Crippen MR) is 126 cm³/mol. The number of ether oxygens (including phenoxy) is 1. The highest BCUT2D eigenvalue weighted by Gasteiger charge is 2.28. The summed E-state index contributed by atoms with van der Waals surface area (Å²) in [5.41, 5.74) is 1.08. The summed E-state index contributed by atoms with van der Waals surface area (Å²) in [5.74, 6) is -0.848. The standard InChI is InChI=1S/C25H27FN4O4/c1-33-19-10-8-18(9-11-19)29-12-14-30(15-13-29)22(23-7-4-16-34-23)17-27-24(31)25(32)28-21-6-3-2-5-20(21)26/h2-11,16,22H,12-15,17H2,1H3,(H,27,31)(H,28,32). The van der Waals surface area contributed by atoms with Gasteiger partial charge in [0, 0.05) is 38.4 Å². The summed E-state index contributed by atoms with van der Waals surface area (Å²) in [4.78, 5) is 29.1. The molecule has 0 saturated carbocycles. The molecule has 1 unspecified atom stereocenters. The van der Waals surface area contributed by atoms with Crippen LogP contribution in [0.3, 0.4) is 0 Å². The minimum atomic E-state index is -0.924. The van der Waals surface area contributed by atoms with Crippen molar-refractivity contribution in [2.45, 2.75) is 6.04 Å². The number of hydrogen-bond donors (Lipinski definition) is 2. The van der Waals surface area contributed by atoms with Crippen molar-refractivity contribution in [1.29, 1.82) is 0 Å². The van der Waals surface area contributed by atoms with Gasteiger partial charge in [0.25, 0.3) is 0 Å². The van der Waals surface area contributed by atoms with E-state index >= 15 is 0 Å². The topological polar surface area (TPSA) is 87.0 Å². The molecule has 0 spiro atoms. The number of benzene rings is 2. The number of anilines is 2. The fraction of sp³-hybridized carbons (Fsp3) is 0.280. The van der Waals surface area contributed by atoms with E-state index in [-0.39, 0.29) is 18.3 Å². The summed E-state index contributed by atoms with van der Waals surface area (Å²) in [5, 5.41) is 4.96. The van der Waals surface area contributed by atoms with Crippen LogP contribution in [-0.2, 0) is 9.59 Å². The zero-order valence-corrected chi connectivity index (χ0v) is 18.9. The molecule has 2 amide bonds. The maximum atomic E-state index is 13.8. The number of carbonyl (C=O) groups is 2. The molecule has 2 N–H and O–H groups in total. The van der Waals surface area contributed by atoms with E-state index in [2.05, 4.69) is 20.4 Å². The third-order valence-corrected chi connectivity index (χ3v) is 5.85. The van der Waals surface area contributed by atoms with Gasteiger partial charge in [0.1, 0.15) is 17.3 Å². The largest absolute Gasteiger partial charge is 0.497 e.